The molecule has 1 heterocycles. The zero-order chi connectivity index (χ0) is 14.8. The van der Waals surface area contributed by atoms with Crippen LogP contribution in [0, 0.1) is 0 Å². The predicted octanol–water partition coefficient (Wildman–Crippen LogP) is 2.61. The Labute approximate surface area is 120 Å². The summed E-state index contributed by atoms with van der Waals surface area (Å²) >= 11 is 0. The number of carbonyl (C=O) groups is 1. The van der Waals surface area contributed by atoms with Gasteiger partial charge in [0, 0.05) is 6.42 Å². The fourth-order valence-corrected chi connectivity index (χ4v) is 2.70. The number of carbonyl (C=O) groups excluding carboxylic acids is 1. The van der Waals surface area contributed by atoms with Crippen molar-refractivity contribution in [3.63, 3.8) is 0 Å². The minimum atomic E-state index is -0.217. The molecular weight excluding hydrogens is 254 g/mol. The highest BCUT2D eigenvalue weighted by Gasteiger charge is 2.40. The molecule has 1 aromatic carbocycles. The Kier molecular flexibility index (Phi) is 4.33. The molecular formula is C16H23NO3. The van der Waals surface area contributed by atoms with Gasteiger partial charge in [-0.2, -0.15) is 0 Å². The molecule has 1 unspecified atom stereocenters. The molecule has 0 aromatic heterocycles. The van der Waals surface area contributed by atoms with Crippen molar-refractivity contribution in [2.45, 2.75) is 45.4 Å². The van der Waals surface area contributed by atoms with Crippen LogP contribution in [0.15, 0.2) is 24.3 Å². The largest absolute Gasteiger partial charge is 0.497 e. The molecule has 0 aliphatic carbocycles. The van der Waals surface area contributed by atoms with Gasteiger partial charge in [0.1, 0.15) is 12.0 Å². The van der Waals surface area contributed by atoms with Crippen LogP contribution in [-0.2, 0) is 16.0 Å². The number of hydrogen-bond donors (Lipinski definition) is 0. The summed E-state index contributed by atoms with van der Waals surface area (Å²) in [6.45, 7) is 6.61. The zero-order valence-corrected chi connectivity index (χ0v) is 12.7. The lowest BCUT2D eigenvalue weighted by Gasteiger charge is -2.32. The number of nitrogens with zero attached hydrogens (tertiary/aromatic N) is 1. The SMILES string of the molecule is COc1cccc(CCC(=O)N2C(C)OCC2(C)C)c1. The van der Waals surface area contributed by atoms with E-state index in [0.29, 0.717) is 13.0 Å². The van der Waals surface area contributed by atoms with E-state index < -0.39 is 0 Å². The Hall–Kier alpha value is -1.55. The van der Waals surface area contributed by atoms with E-state index in [0.717, 1.165) is 17.7 Å². The van der Waals surface area contributed by atoms with Gasteiger partial charge < -0.3 is 14.4 Å². The molecule has 0 radical (unpaired) electrons. The van der Waals surface area contributed by atoms with Crippen LogP contribution >= 0.6 is 0 Å². The standard InChI is InChI=1S/C16H23NO3/c1-12-17(16(2,3)11-20-12)15(18)9-8-13-6-5-7-14(10-13)19-4/h5-7,10,12H,8-9,11H2,1-4H3. The molecule has 1 amide bonds. The van der Waals surface area contributed by atoms with Gasteiger partial charge in [-0.3, -0.25) is 4.79 Å². The summed E-state index contributed by atoms with van der Waals surface area (Å²) < 4.78 is 10.8. The second-order valence-electron chi connectivity index (χ2n) is 5.84. The fourth-order valence-electron chi connectivity index (χ4n) is 2.70. The molecule has 1 saturated heterocycles. The maximum atomic E-state index is 12.4. The third kappa shape index (κ3) is 3.12. The van der Waals surface area contributed by atoms with Gasteiger partial charge in [-0.15, -0.1) is 0 Å². The molecule has 2 rings (SSSR count). The van der Waals surface area contributed by atoms with Crippen LogP contribution in [0.5, 0.6) is 5.75 Å². The maximum Gasteiger partial charge on any atom is 0.225 e. The molecule has 4 heteroatoms. The van der Waals surface area contributed by atoms with Gasteiger partial charge in [0.2, 0.25) is 5.91 Å². The number of benzene rings is 1. The van der Waals surface area contributed by atoms with Gasteiger partial charge in [0.15, 0.2) is 0 Å². The van der Waals surface area contributed by atoms with Crippen LogP contribution in [-0.4, -0.2) is 36.3 Å². The molecule has 4 nitrogen and oxygen atoms in total. The lowest BCUT2D eigenvalue weighted by molar-refractivity contribution is -0.139. The van der Waals surface area contributed by atoms with Gasteiger partial charge in [0.05, 0.1) is 19.3 Å². The molecule has 1 atom stereocenters. The van der Waals surface area contributed by atoms with Gasteiger partial charge in [-0.05, 0) is 44.9 Å². The monoisotopic (exact) mass is 277 g/mol. The first-order valence-electron chi connectivity index (χ1n) is 7.01. The third-order valence-corrected chi connectivity index (χ3v) is 3.72. The first-order chi connectivity index (χ1) is 9.44. The number of amides is 1. The van der Waals surface area contributed by atoms with Crippen LogP contribution < -0.4 is 4.74 Å². The van der Waals surface area contributed by atoms with Gasteiger partial charge >= 0.3 is 0 Å². The summed E-state index contributed by atoms with van der Waals surface area (Å²) in [7, 11) is 1.65. The van der Waals surface area contributed by atoms with Crippen LogP contribution in [0.25, 0.3) is 0 Å². The van der Waals surface area contributed by atoms with E-state index in [9.17, 15) is 4.79 Å². The predicted molar refractivity (Wildman–Crippen MR) is 77.7 cm³/mol. The van der Waals surface area contributed by atoms with Crippen molar-refractivity contribution in [1.82, 2.24) is 4.90 Å². The van der Waals surface area contributed by atoms with E-state index in [2.05, 4.69) is 0 Å². The average molecular weight is 277 g/mol. The second kappa shape index (κ2) is 5.83. The van der Waals surface area contributed by atoms with E-state index in [1.165, 1.54) is 0 Å². The minimum absolute atomic E-state index is 0.136. The molecule has 0 saturated carbocycles. The van der Waals surface area contributed by atoms with E-state index in [4.69, 9.17) is 9.47 Å². The van der Waals surface area contributed by atoms with Crippen molar-refractivity contribution in [2.24, 2.45) is 0 Å². The summed E-state index contributed by atoms with van der Waals surface area (Å²) in [6, 6.07) is 7.85. The summed E-state index contributed by atoms with van der Waals surface area (Å²) in [5, 5.41) is 0. The number of rotatable bonds is 4. The Morgan fingerprint density at radius 2 is 2.25 bits per heavy atom. The average Bonchev–Trinajstić information content (AvgIpc) is 2.70. The first-order valence-corrected chi connectivity index (χ1v) is 7.01. The molecule has 1 aliphatic heterocycles. The van der Waals surface area contributed by atoms with E-state index >= 15 is 0 Å². The molecule has 20 heavy (non-hydrogen) atoms. The number of methoxy groups -OCH3 is 1. The number of aryl methyl sites for hydroxylation is 1. The summed E-state index contributed by atoms with van der Waals surface area (Å²) in [4.78, 5) is 14.3. The Morgan fingerprint density at radius 1 is 1.50 bits per heavy atom. The van der Waals surface area contributed by atoms with E-state index in [1.54, 1.807) is 7.11 Å². The smallest absolute Gasteiger partial charge is 0.225 e. The third-order valence-electron chi connectivity index (χ3n) is 3.72. The van der Waals surface area contributed by atoms with Crippen molar-refractivity contribution in [3.8, 4) is 5.75 Å². The summed E-state index contributed by atoms with van der Waals surface area (Å²) in [6.07, 6.45) is 1.07. The normalized spacial score (nSPS) is 21.0. The minimum Gasteiger partial charge on any atom is -0.497 e. The maximum absolute atomic E-state index is 12.4. The Bertz CT molecular complexity index is 484. The van der Waals surface area contributed by atoms with Crippen molar-refractivity contribution in [1.29, 1.82) is 0 Å². The molecule has 0 bridgehead atoms. The fraction of sp³-hybridized carbons (Fsp3) is 0.562. The van der Waals surface area contributed by atoms with Gasteiger partial charge in [-0.25, -0.2) is 0 Å². The molecule has 1 aromatic rings. The first kappa shape index (κ1) is 14.9. The van der Waals surface area contributed by atoms with Crippen LogP contribution in [0.3, 0.4) is 0 Å². The van der Waals surface area contributed by atoms with Crippen LogP contribution in [0.2, 0.25) is 0 Å². The Balaban J connectivity index is 1.98. The van der Waals surface area contributed by atoms with Crippen molar-refractivity contribution in [3.05, 3.63) is 29.8 Å². The molecule has 0 spiro atoms. The molecule has 1 fully saturated rings. The lowest BCUT2D eigenvalue weighted by atomic mass is 10.0. The number of ether oxygens (including phenoxy) is 2. The lowest BCUT2D eigenvalue weighted by Crippen LogP contribution is -2.47. The highest BCUT2D eigenvalue weighted by molar-refractivity contribution is 5.77. The van der Waals surface area contributed by atoms with E-state index in [1.807, 2.05) is 49.9 Å². The molecule has 0 N–H and O–H groups in total. The molecule has 1 aliphatic rings. The van der Waals surface area contributed by atoms with Crippen molar-refractivity contribution >= 4 is 5.91 Å². The van der Waals surface area contributed by atoms with Gasteiger partial charge in [0.25, 0.3) is 0 Å². The summed E-state index contributed by atoms with van der Waals surface area (Å²) in [5.74, 6) is 0.968. The zero-order valence-electron chi connectivity index (χ0n) is 12.7. The quantitative estimate of drug-likeness (QED) is 0.849. The highest BCUT2D eigenvalue weighted by atomic mass is 16.5. The van der Waals surface area contributed by atoms with Crippen molar-refractivity contribution in [2.75, 3.05) is 13.7 Å². The number of hydrogen-bond acceptors (Lipinski definition) is 3. The highest BCUT2D eigenvalue weighted by Crippen LogP contribution is 2.27. The second-order valence-corrected chi connectivity index (χ2v) is 5.84. The van der Waals surface area contributed by atoms with Crippen LogP contribution in [0.4, 0.5) is 0 Å². The molecule has 110 valence electrons. The van der Waals surface area contributed by atoms with Crippen LogP contribution in [0.1, 0.15) is 32.8 Å². The topological polar surface area (TPSA) is 38.8 Å². The van der Waals surface area contributed by atoms with E-state index in [-0.39, 0.29) is 17.7 Å². The summed E-state index contributed by atoms with van der Waals surface area (Å²) in [5.41, 5.74) is 0.897. The Morgan fingerprint density at radius 3 is 2.85 bits per heavy atom. The van der Waals surface area contributed by atoms with Crippen molar-refractivity contribution < 1.29 is 14.3 Å². The van der Waals surface area contributed by atoms with Gasteiger partial charge in [-0.1, -0.05) is 12.1 Å².